The molecule has 1 aromatic carbocycles. The van der Waals surface area contributed by atoms with Crippen molar-refractivity contribution in [2.45, 2.75) is 55.4 Å². The van der Waals surface area contributed by atoms with E-state index < -0.39 is 14.9 Å². The number of nitrogens with one attached hydrogen (secondary N) is 2. The van der Waals surface area contributed by atoms with E-state index in [4.69, 9.17) is 34.8 Å². The Morgan fingerprint density at radius 1 is 1.16 bits per heavy atom. The first-order valence-corrected chi connectivity index (χ1v) is 9.24. The number of nitrogens with zero attached hydrogens (tertiary/aromatic N) is 1. The summed E-state index contributed by atoms with van der Waals surface area (Å²) in [6, 6.07) is 5.62. The minimum Gasteiger partial charge on any atom is -0.362 e. The van der Waals surface area contributed by atoms with Gasteiger partial charge in [0.2, 0.25) is 9.70 Å². The molecule has 0 heterocycles. The van der Waals surface area contributed by atoms with E-state index in [0.29, 0.717) is 12.1 Å². The fraction of sp³-hybridized carbons (Fsp3) is 0.562. The molecule has 1 amide bonds. The minimum absolute atomic E-state index is 0.0490. The first kappa shape index (κ1) is 21.8. The highest BCUT2D eigenvalue weighted by atomic mass is 35.6. The van der Waals surface area contributed by atoms with E-state index in [2.05, 4.69) is 17.6 Å². The van der Waals surface area contributed by atoms with Gasteiger partial charge in [-0.15, -0.1) is 0 Å². The number of rotatable bonds is 10. The third kappa shape index (κ3) is 8.61. The molecule has 2 N–H and O–H groups in total. The summed E-state index contributed by atoms with van der Waals surface area (Å²) in [6.07, 6.45) is 4.54. The van der Waals surface area contributed by atoms with Crippen LogP contribution in [0, 0.1) is 10.1 Å². The number of carbonyl (C=O) groups excluding carboxylic acids is 1. The molecule has 0 saturated heterocycles. The molecule has 0 aliphatic carbocycles. The summed E-state index contributed by atoms with van der Waals surface area (Å²) in [7, 11) is 0. The first-order valence-electron chi connectivity index (χ1n) is 8.11. The zero-order valence-corrected chi connectivity index (χ0v) is 16.2. The Balaban J connectivity index is 2.59. The first-order chi connectivity index (χ1) is 11.7. The van der Waals surface area contributed by atoms with Crippen LogP contribution >= 0.6 is 34.8 Å². The second kappa shape index (κ2) is 10.7. The van der Waals surface area contributed by atoms with Gasteiger partial charge in [0.25, 0.3) is 5.69 Å². The van der Waals surface area contributed by atoms with E-state index in [0.717, 1.165) is 32.1 Å². The van der Waals surface area contributed by atoms with Crippen molar-refractivity contribution in [3.8, 4) is 0 Å². The van der Waals surface area contributed by atoms with E-state index in [9.17, 15) is 14.9 Å². The summed E-state index contributed by atoms with van der Waals surface area (Å²) in [6.45, 7) is 2.13. The molecule has 0 radical (unpaired) electrons. The lowest BCUT2D eigenvalue weighted by molar-refractivity contribution is -0.384. The van der Waals surface area contributed by atoms with Gasteiger partial charge in [0.15, 0.2) is 0 Å². The summed E-state index contributed by atoms with van der Waals surface area (Å²) in [4.78, 5) is 22.2. The molecule has 25 heavy (non-hydrogen) atoms. The minimum atomic E-state index is -1.78. The molecule has 140 valence electrons. The monoisotopic (exact) mass is 409 g/mol. The Bertz CT molecular complexity index is 562. The number of anilines is 1. The molecule has 1 rings (SSSR count). The van der Waals surface area contributed by atoms with E-state index in [1.807, 2.05) is 0 Å². The summed E-state index contributed by atoms with van der Waals surface area (Å²) in [5.41, 5.74) is 0.442. The lowest BCUT2D eigenvalue weighted by atomic mass is 10.1. The summed E-state index contributed by atoms with van der Waals surface area (Å²) in [5.74, 6) is -0.220. The third-order valence-electron chi connectivity index (χ3n) is 3.53. The summed E-state index contributed by atoms with van der Waals surface area (Å²) >= 11 is 17.8. The molecular formula is C16H22Cl3N3O3. The Morgan fingerprint density at radius 3 is 2.28 bits per heavy atom. The number of nitro benzene ring substituents is 1. The number of non-ortho nitro benzene ring substituents is 1. The van der Waals surface area contributed by atoms with Crippen LogP contribution in [-0.4, -0.2) is 20.8 Å². The van der Waals surface area contributed by atoms with Gasteiger partial charge in [-0.1, -0.05) is 67.4 Å². The maximum atomic E-state index is 12.1. The van der Waals surface area contributed by atoms with Gasteiger partial charge in [-0.25, -0.2) is 0 Å². The number of hydrogen-bond donors (Lipinski definition) is 2. The number of benzene rings is 1. The molecule has 0 aliphatic rings. The molecule has 0 unspecified atom stereocenters. The van der Waals surface area contributed by atoms with Crippen molar-refractivity contribution in [1.82, 2.24) is 5.32 Å². The van der Waals surface area contributed by atoms with E-state index in [1.54, 1.807) is 0 Å². The number of amides is 1. The second-order valence-electron chi connectivity index (χ2n) is 5.65. The fourth-order valence-corrected chi connectivity index (χ4v) is 2.50. The van der Waals surface area contributed by atoms with Crippen LogP contribution < -0.4 is 10.6 Å². The van der Waals surface area contributed by atoms with Crippen LogP contribution in [0.25, 0.3) is 0 Å². The van der Waals surface area contributed by atoms with E-state index in [-0.39, 0.29) is 11.6 Å². The number of carbonyl (C=O) groups is 1. The maximum Gasteiger partial charge on any atom is 0.269 e. The van der Waals surface area contributed by atoms with Crippen LogP contribution in [0.15, 0.2) is 24.3 Å². The molecule has 6 nitrogen and oxygen atoms in total. The van der Waals surface area contributed by atoms with Crippen molar-refractivity contribution in [3.05, 3.63) is 34.4 Å². The van der Waals surface area contributed by atoms with E-state index in [1.165, 1.54) is 24.3 Å². The average molecular weight is 411 g/mol. The zero-order chi connectivity index (χ0) is 18.9. The van der Waals surface area contributed by atoms with Crippen LogP contribution in [0.1, 0.15) is 45.4 Å². The molecular weight excluding hydrogens is 389 g/mol. The molecule has 0 bridgehead atoms. The van der Waals surface area contributed by atoms with Crippen molar-refractivity contribution in [2.75, 3.05) is 5.32 Å². The summed E-state index contributed by atoms with van der Waals surface area (Å²) < 4.78 is -1.78. The Morgan fingerprint density at radius 2 is 1.76 bits per heavy atom. The molecule has 0 fully saturated rings. The molecule has 9 heteroatoms. The molecule has 1 aromatic rings. The second-order valence-corrected chi connectivity index (χ2v) is 8.02. The van der Waals surface area contributed by atoms with Crippen LogP contribution in [0.4, 0.5) is 11.4 Å². The van der Waals surface area contributed by atoms with Crippen molar-refractivity contribution in [2.24, 2.45) is 0 Å². The predicted molar refractivity (Wildman–Crippen MR) is 102 cm³/mol. The van der Waals surface area contributed by atoms with Gasteiger partial charge < -0.3 is 10.6 Å². The van der Waals surface area contributed by atoms with Crippen LogP contribution in [-0.2, 0) is 4.79 Å². The highest BCUT2D eigenvalue weighted by Gasteiger charge is 2.34. The SMILES string of the molecule is CCCCCCCC(=O)N[C@H](Nc1ccc([N+](=O)[O-])cc1)C(Cl)(Cl)Cl. The topological polar surface area (TPSA) is 84.3 Å². The normalized spacial score (nSPS) is 12.5. The van der Waals surface area contributed by atoms with Crippen LogP contribution in [0.3, 0.4) is 0 Å². The molecule has 0 saturated carbocycles. The smallest absolute Gasteiger partial charge is 0.269 e. The van der Waals surface area contributed by atoms with Crippen molar-refractivity contribution in [3.63, 3.8) is 0 Å². The van der Waals surface area contributed by atoms with E-state index >= 15 is 0 Å². The molecule has 0 aromatic heterocycles. The van der Waals surface area contributed by atoms with Gasteiger partial charge in [0.05, 0.1) is 4.92 Å². The number of alkyl halides is 3. The van der Waals surface area contributed by atoms with Crippen molar-refractivity contribution in [1.29, 1.82) is 0 Å². The Labute approximate surface area is 162 Å². The standard InChI is InChI=1S/C16H22Cl3N3O3/c1-2-3-4-5-6-7-14(23)21-15(16(17,18)19)20-12-8-10-13(11-9-12)22(24)25/h8-11,15,20H,2-7H2,1H3,(H,21,23)/t15-/m0/s1. The third-order valence-corrected chi connectivity index (χ3v) is 4.18. The van der Waals surface area contributed by atoms with Crippen molar-refractivity contribution >= 4 is 52.1 Å². The average Bonchev–Trinajstić information content (AvgIpc) is 2.53. The highest BCUT2D eigenvalue weighted by molar-refractivity contribution is 6.68. The number of halogens is 3. The van der Waals surface area contributed by atoms with Gasteiger partial charge in [-0.3, -0.25) is 14.9 Å². The zero-order valence-electron chi connectivity index (χ0n) is 13.9. The number of unbranched alkanes of at least 4 members (excludes halogenated alkanes) is 4. The van der Waals surface area contributed by atoms with Crippen molar-refractivity contribution < 1.29 is 9.72 Å². The molecule has 0 aliphatic heterocycles. The van der Waals surface area contributed by atoms with Gasteiger partial charge in [-0.2, -0.15) is 0 Å². The van der Waals surface area contributed by atoms with Gasteiger partial charge in [0, 0.05) is 24.2 Å². The Hall–Kier alpha value is -1.24. The molecule has 0 spiro atoms. The maximum absolute atomic E-state index is 12.1. The highest BCUT2D eigenvalue weighted by Crippen LogP contribution is 2.31. The van der Waals surface area contributed by atoms with Crippen LogP contribution in [0.2, 0.25) is 0 Å². The lowest BCUT2D eigenvalue weighted by Gasteiger charge is -2.27. The predicted octanol–water partition coefficient (Wildman–Crippen LogP) is 5.18. The molecule has 1 atom stereocenters. The fourth-order valence-electron chi connectivity index (χ4n) is 2.17. The number of nitro groups is 1. The lowest BCUT2D eigenvalue weighted by Crippen LogP contribution is -2.49. The largest absolute Gasteiger partial charge is 0.362 e. The van der Waals surface area contributed by atoms with Gasteiger partial charge >= 0.3 is 0 Å². The number of hydrogen-bond acceptors (Lipinski definition) is 4. The van der Waals surface area contributed by atoms with Gasteiger partial charge in [0.1, 0.15) is 6.17 Å². The Kier molecular flexibility index (Phi) is 9.32. The van der Waals surface area contributed by atoms with Gasteiger partial charge in [-0.05, 0) is 18.6 Å². The van der Waals surface area contributed by atoms with Crippen LogP contribution in [0.5, 0.6) is 0 Å². The summed E-state index contributed by atoms with van der Waals surface area (Å²) in [5, 5.41) is 16.2. The quantitative estimate of drug-likeness (QED) is 0.183.